The predicted molar refractivity (Wildman–Crippen MR) is 101 cm³/mol. The summed E-state index contributed by atoms with van der Waals surface area (Å²) in [5.41, 5.74) is 2.18. The van der Waals surface area contributed by atoms with Crippen LogP contribution in [0, 0.1) is 15.0 Å². The zero-order valence-electron chi connectivity index (χ0n) is 13.8. The van der Waals surface area contributed by atoms with Crippen molar-refractivity contribution >= 4 is 28.7 Å². The first-order chi connectivity index (χ1) is 12.5. The van der Waals surface area contributed by atoms with Gasteiger partial charge >= 0.3 is 0 Å². The predicted octanol–water partition coefficient (Wildman–Crippen LogP) is 5.19. The van der Waals surface area contributed by atoms with E-state index in [4.69, 9.17) is 11.6 Å². The third kappa shape index (κ3) is 3.43. The van der Waals surface area contributed by atoms with Crippen LogP contribution in [0.2, 0.25) is 5.02 Å². The van der Waals surface area contributed by atoms with Gasteiger partial charge in [0.2, 0.25) is 0 Å². The van der Waals surface area contributed by atoms with Gasteiger partial charge in [-0.2, -0.15) is 0 Å². The summed E-state index contributed by atoms with van der Waals surface area (Å²) in [4.78, 5) is 22.0. The molecule has 26 heavy (non-hydrogen) atoms. The minimum Gasteiger partial charge on any atom is -0.352 e. The third-order valence-electron chi connectivity index (χ3n) is 4.04. The van der Waals surface area contributed by atoms with E-state index in [2.05, 4.69) is 10.5 Å². The number of nitrogens with zero attached hydrogens (tertiary/aromatic N) is 3. The number of rotatable bonds is 6. The monoisotopic (exact) mass is 370 g/mol. The molecule has 0 spiro atoms. The number of aromatic nitrogens is 1. The second-order valence-electron chi connectivity index (χ2n) is 5.69. The normalized spacial score (nSPS) is 11.8. The summed E-state index contributed by atoms with van der Waals surface area (Å²) in [6.45, 7) is 0. The Kier molecular flexibility index (Phi) is 4.99. The minimum atomic E-state index is -0.734. The summed E-state index contributed by atoms with van der Waals surface area (Å²) in [5.74, 6) is 0. The van der Waals surface area contributed by atoms with E-state index in [-0.39, 0.29) is 5.69 Å². The van der Waals surface area contributed by atoms with E-state index in [0.717, 1.165) is 5.69 Å². The second-order valence-corrected chi connectivity index (χ2v) is 6.09. The highest BCUT2D eigenvalue weighted by atomic mass is 35.5. The first kappa shape index (κ1) is 17.6. The molecule has 0 saturated carbocycles. The van der Waals surface area contributed by atoms with Crippen LogP contribution >= 0.6 is 11.6 Å². The van der Waals surface area contributed by atoms with Gasteiger partial charge < -0.3 is 9.88 Å². The number of para-hydroxylation sites is 2. The molecular weight excluding hydrogens is 356 g/mol. The van der Waals surface area contributed by atoms with Gasteiger partial charge in [-0.1, -0.05) is 35.0 Å². The number of hydrogen-bond acceptors (Lipinski definition) is 5. The Morgan fingerprint density at radius 3 is 2.58 bits per heavy atom. The lowest BCUT2D eigenvalue weighted by atomic mass is 10.0. The van der Waals surface area contributed by atoms with Crippen molar-refractivity contribution in [3.63, 3.8) is 0 Å². The van der Waals surface area contributed by atoms with Crippen LogP contribution in [-0.4, -0.2) is 9.49 Å². The van der Waals surface area contributed by atoms with Crippen molar-refractivity contribution in [3.8, 4) is 0 Å². The van der Waals surface area contributed by atoms with Gasteiger partial charge in [0.1, 0.15) is 5.69 Å². The molecule has 1 heterocycles. The number of nitrogens with one attached hydrogen (secondary N) is 1. The van der Waals surface area contributed by atoms with E-state index in [9.17, 15) is 15.0 Å². The lowest BCUT2D eigenvalue weighted by Crippen LogP contribution is -2.04. The number of nitro groups is 1. The summed E-state index contributed by atoms with van der Waals surface area (Å²) in [6, 6.07) is 14.2. The van der Waals surface area contributed by atoms with Crippen LogP contribution in [0.1, 0.15) is 17.3 Å². The van der Waals surface area contributed by atoms with Crippen molar-refractivity contribution < 1.29 is 4.92 Å². The lowest BCUT2D eigenvalue weighted by molar-refractivity contribution is -0.383. The Hall–Kier alpha value is -3.19. The van der Waals surface area contributed by atoms with Gasteiger partial charge in [-0.25, -0.2) is 0 Å². The molecular formula is C18H15ClN4O3. The maximum atomic E-state index is 11.4. The van der Waals surface area contributed by atoms with E-state index in [0.29, 0.717) is 22.0 Å². The van der Waals surface area contributed by atoms with Crippen molar-refractivity contribution in [2.75, 3.05) is 5.32 Å². The van der Waals surface area contributed by atoms with Crippen molar-refractivity contribution in [1.29, 1.82) is 0 Å². The van der Waals surface area contributed by atoms with Crippen molar-refractivity contribution in [1.82, 2.24) is 4.57 Å². The quantitative estimate of drug-likeness (QED) is 0.367. The van der Waals surface area contributed by atoms with Gasteiger partial charge in [-0.3, -0.25) is 10.1 Å². The Morgan fingerprint density at radius 2 is 1.96 bits per heavy atom. The Bertz CT molecular complexity index is 971. The number of hydrogen-bond donors (Lipinski definition) is 1. The minimum absolute atomic E-state index is 0.0380. The van der Waals surface area contributed by atoms with E-state index in [1.807, 2.05) is 29.9 Å². The fraction of sp³-hybridized carbons (Fsp3) is 0.111. The average Bonchev–Trinajstić information content (AvgIpc) is 3.03. The highest BCUT2D eigenvalue weighted by Gasteiger charge is 2.21. The zero-order chi connectivity index (χ0) is 18.7. The molecule has 3 rings (SSSR count). The number of aryl methyl sites for hydroxylation is 1. The molecule has 8 heteroatoms. The van der Waals surface area contributed by atoms with Crippen LogP contribution in [0.15, 0.2) is 66.0 Å². The van der Waals surface area contributed by atoms with Gasteiger partial charge in [-0.05, 0) is 30.3 Å². The smallest absolute Gasteiger partial charge is 0.292 e. The number of halogens is 1. The van der Waals surface area contributed by atoms with Crippen LogP contribution in [-0.2, 0) is 7.05 Å². The van der Waals surface area contributed by atoms with Gasteiger partial charge in [0, 0.05) is 35.6 Å². The molecule has 0 aliphatic heterocycles. The average molecular weight is 371 g/mol. The first-order valence-electron chi connectivity index (χ1n) is 7.75. The molecule has 0 aliphatic carbocycles. The lowest BCUT2D eigenvalue weighted by Gasteiger charge is -2.14. The Labute approximate surface area is 154 Å². The van der Waals surface area contributed by atoms with E-state index in [1.165, 1.54) is 6.07 Å². The van der Waals surface area contributed by atoms with Crippen LogP contribution < -0.4 is 5.32 Å². The summed E-state index contributed by atoms with van der Waals surface area (Å²) >= 11 is 6.36. The molecule has 2 aromatic carbocycles. The summed E-state index contributed by atoms with van der Waals surface area (Å²) in [7, 11) is 1.83. The fourth-order valence-electron chi connectivity index (χ4n) is 2.75. The first-order valence-corrected chi connectivity index (χ1v) is 8.12. The van der Waals surface area contributed by atoms with Crippen molar-refractivity contribution in [3.05, 3.63) is 92.1 Å². The number of anilines is 2. The van der Waals surface area contributed by atoms with Crippen LogP contribution in [0.5, 0.6) is 0 Å². The maximum absolute atomic E-state index is 11.4. The van der Waals surface area contributed by atoms with Crippen molar-refractivity contribution in [2.24, 2.45) is 12.2 Å². The van der Waals surface area contributed by atoms with Gasteiger partial charge in [0.05, 0.1) is 10.6 Å². The molecule has 132 valence electrons. The number of nitroso groups, excluding NO2 is 1. The van der Waals surface area contributed by atoms with Crippen LogP contribution in [0.3, 0.4) is 0 Å². The standard InChI is InChI=1S/C18H15ClN4O3/c1-22-10-4-7-17(22)18(21-24)13-9-8-12(11-14(13)19)20-15-5-2-3-6-16(15)23(25)26/h2-11,18,20H,1H3. The molecule has 0 saturated heterocycles. The molecule has 1 unspecified atom stereocenters. The van der Waals surface area contributed by atoms with E-state index >= 15 is 0 Å². The second kappa shape index (κ2) is 7.37. The Balaban J connectivity index is 1.92. The van der Waals surface area contributed by atoms with Gasteiger partial charge in [0.25, 0.3) is 5.69 Å². The van der Waals surface area contributed by atoms with E-state index < -0.39 is 11.0 Å². The zero-order valence-corrected chi connectivity index (χ0v) is 14.6. The molecule has 0 fully saturated rings. The van der Waals surface area contributed by atoms with Gasteiger partial charge in [0.15, 0.2) is 6.04 Å². The van der Waals surface area contributed by atoms with Crippen LogP contribution in [0.25, 0.3) is 0 Å². The third-order valence-corrected chi connectivity index (χ3v) is 4.37. The number of benzene rings is 2. The summed E-state index contributed by atoms with van der Waals surface area (Å²) in [6.07, 6.45) is 1.83. The van der Waals surface area contributed by atoms with E-state index in [1.54, 1.807) is 36.4 Å². The molecule has 0 amide bonds. The molecule has 3 aromatic rings. The molecule has 1 N–H and O–H groups in total. The van der Waals surface area contributed by atoms with Crippen molar-refractivity contribution in [2.45, 2.75) is 6.04 Å². The number of nitro benzene ring substituents is 1. The fourth-order valence-corrected chi connectivity index (χ4v) is 3.03. The highest BCUT2D eigenvalue weighted by molar-refractivity contribution is 6.31. The summed E-state index contributed by atoms with van der Waals surface area (Å²) < 4.78 is 1.81. The highest BCUT2D eigenvalue weighted by Crippen LogP contribution is 2.34. The molecule has 1 aromatic heterocycles. The molecule has 0 radical (unpaired) electrons. The van der Waals surface area contributed by atoms with Gasteiger partial charge in [-0.15, -0.1) is 4.91 Å². The largest absolute Gasteiger partial charge is 0.352 e. The SMILES string of the molecule is Cn1cccc1C(N=O)c1ccc(Nc2ccccc2[N+](=O)[O-])cc1Cl. The maximum Gasteiger partial charge on any atom is 0.292 e. The Morgan fingerprint density at radius 1 is 1.19 bits per heavy atom. The molecule has 0 bridgehead atoms. The molecule has 1 atom stereocenters. The van der Waals surface area contributed by atoms with Crippen LogP contribution in [0.4, 0.5) is 17.1 Å². The molecule has 7 nitrogen and oxygen atoms in total. The topological polar surface area (TPSA) is 89.5 Å². The molecule has 0 aliphatic rings. The summed E-state index contributed by atoms with van der Waals surface area (Å²) in [5, 5.41) is 17.7.